The molecule has 4 rings (SSSR count). The van der Waals surface area contributed by atoms with Crippen molar-refractivity contribution in [2.75, 3.05) is 23.3 Å². The van der Waals surface area contributed by atoms with Gasteiger partial charge in [-0.2, -0.15) is 0 Å². The van der Waals surface area contributed by atoms with E-state index in [2.05, 4.69) is 22.5 Å². The number of amides is 2. The molecule has 2 aromatic rings. The molecule has 1 saturated heterocycles. The Bertz CT molecular complexity index is 917. The normalized spacial score (nSPS) is 16.9. The summed E-state index contributed by atoms with van der Waals surface area (Å²) in [4.78, 5) is 27.6. The third kappa shape index (κ3) is 5.17. The number of hydrogen-bond donors (Lipinski definition) is 2. The third-order valence-corrected chi connectivity index (χ3v) is 5.84. The highest BCUT2D eigenvalue weighted by Crippen LogP contribution is 2.30. The molecule has 2 aromatic carbocycles. The minimum absolute atomic E-state index is 0.0826. The zero-order valence-electron chi connectivity index (χ0n) is 17.3. The Morgan fingerprint density at radius 3 is 2.40 bits per heavy atom. The average Bonchev–Trinajstić information content (AvgIpc) is 3.54. The predicted octanol–water partition coefficient (Wildman–Crippen LogP) is 4.14. The molecule has 2 N–H and O–H groups in total. The van der Waals surface area contributed by atoms with Crippen LogP contribution in [0, 0.1) is 11.7 Å². The van der Waals surface area contributed by atoms with Crippen molar-refractivity contribution in [2.24, 2.45) is 5.92 Å². The Balaban J connectivity index is 1.50. The van der Waals surface area contributed by atoms with Crippen LogP contribution < -0.4 is 15.5 Å². The van der Waals surface area contributed by atoms with E-state index in [1.54, 1.807) is 18.2 Å². The van der Waals surface area contributed by atoms with Crippen molar-refractivity contribution in [3.05, 3.63) is 59.4 Å². The Labute approximate surface area is 176 Å². The van der Waals surface area contributed by atoms with Crippen LogP contribution >= 0.6 is 0 Å². The van der Waals surface area contributed by atoms with E-state index in [1.807, 2.05) is 12.1 Å². The topological polar surface area (TPSA) is 61.4 Å². The molecule has 0 unspecified atom stereocenters. The van der Waals surface area contributed by atoms with Gasteiger partial charge < -0.3 is 15.5 Å². The Hall–Kier alpha value is -2.89. The average molecular weight is 410 g/mol. The molecule has 5 nitrogen and oxygen atoms in total. The van der Waals surface area contributed by atoms with E-state index in [0.29, 0.717) is 17.2 Å². The molecule has 0 bridgehead atoms. The number of halogens is 1. The molecule has 30 heavy (non-hydrogen) atoms. The lowest BCUT2D eigenvalue weighted by atomic mass is 9.97. The van der Waals surface area contributed by atoms with Gasteiger partial charge >= 0.3 is 0 Å². The summed E-state index contributed by atoms with van der Waals surface area (Å²) in [7, 11) is 0. The first-order valence-corrected chi connectivity index (χ1v) is 10.7. The summed E-state index contributed by atoms with van der Waals surface area (Å²) in [5.74, 6) is 0.0960. The number of benzene rings is 2. The molecule has 2 amide bonds. The second-order valence-electron chi connectivity index (χ2n) is 8.50. The highest BCUT2D eigenvalue weighted by Gasteiger charge is 2.27. The van der Waals surface area contributed by atoms with Crippen LogP contribution in [0.3, 0.4) is 0 Å². The monoisotopic (exact) mass is 409 g/mol. The molecule has 1 aliphatic heterocycles. The molecule has 1 heterocycles. The summed E-state index contributed by atoms with van der Waals surface area (Å²) in [6.07, 6.45) is 4.42. The van der Waals surface area contributed by atoms with Crippen molar-refractivity contribution < 1.29 is 14.0 Å². The molecule has 1 saturated carbocycles. The van der Waals surface area contributed by atoms with Crippen molar-refractivity contribution in [1.82, 2.24) is 5.32 Å². The van der Waals surface area contributed by atoms with Gasteiger partial charge in [-0.1, -0.05) is 19.1 Å². The maximum Gasteiger partial charge on any atom is 0.253 e. The number of nitrogens with zero attached hydrogens (tertiary/aromatic N) is 1. The van der Waals surface area contributed by atoms with Gasteiger partial charge in [-0.25, -0.2) is 4.39 Å². The minimum Gasteiger partial charge on any atom is -0.371 e. The quantitative estimate of drug-likeness (QED) is 0.754. The van der Waals surface area contributed by atoms with Gasteiger partial charge in [-0.3, -0.25) is 9.59 Å². The zero-order valence-corrected chi connectivity index (χ0v) is 17.3. The number of nitrogens with one attached hydrogen (secondary N) is 2. The number of piperidine rings is 1. The van der Waals surface area contributed by atoms with Gasteiger partial charge in [0.25, 0.3) is 5.91 Å². The third-order valence-electron chi connectivity index (χ3n) is 5.84. The number of rotatable bonds is 6. The van der Waals surface area contributed by atoms with E-state index in [1.165, 1.54) is 12.1 Å². The first-order chi connectivity index (χ1) is 14.5. The largest absolute Gasteiger partial charge is 0.371 e. The lowest BCUT2D eigenvalue weighted by molar-refractivity contribution is -0.115. The van der Waals surface area contributed by atoms with E-state index >= 15 is 0 Å². The SMILES string of the molecule is CC1CCN(c2ccc(NC(=O)Cc3ccc(F)cc3)cc2C(=O)NC2CC2)CC1. The Kier molecular flexibility index (Phi) is 6.02. The molecular formula is C24H28FN3O2. The van der Waals surface area contributed by atoms with Crippen molar-refractivity contribution >= 4 is 23.2 Å². The van der Waals surface area contributed by atoms with Gasteiger partial charge in [0.2, 0.25) is 5.91 Å². The molecule has 0 atom stereocenters. The molecule has 0 spiro atoms. The molecule has 2 aliphatic rings. The van der Waals surface area contributed by atoms with Crippen LogP contribution in [0.15, 0.2) is 42.5 Å². The molecule has 0 radical (unpaired) electrons. The van der Waals surface area contributed by atoms with Crippen LogP contribution in [0.25, 0.3) is 0 Å². The van der Waals surface area contributed by atoms with Gasteiger partial charge in [-0.15, -0.1) is 0 Å². The van der Waals surface area contributed by atoms with E-state index in [-0.39, 0.29) is 30.1 Å². The summed E-state index contributed by atoms with van der Waals surface area (Å²) in [5, 5.41) is 5.95. The van der Waals surface area contributed by atoms with E-state index in [0.717, 1.165) is 50.0 Å². The van der Waals surface area contributed by atoms with Gasteiger partial charge in [-0.05, 0) is 67.5 Å². The highest BCUT2D eigenvalue weighted by atomic mass is 19.1. The molecular weight excluding hydrogens is 381 g/mol. The van der Waals surface area contributed by atoms with Crippen LogP contribution in [-0.2, 0) is 11.2 Å². The summed E-state index contributed by atoms with van der Waals surface area (Å²) in [6.45, 7) is 4.13. The van der Waals surface area contributed by atoms with Crippen LogP contribution in [0.1, 0.15) is 48.5 Å². The maximum absolute atomic E-state index is 13.1. The number of hydrogen-bond acceptors (Lipinski definition) is 3. The number of carbonyl (C=O) groups excluding carboxylic acids is 2. The van der Waals surface area contributed by atoms with E-state index in [4.69, 9.17) is 0 Å². The molecule has 158 valence electrons. The summed E-state index contributed by atoms with van der Waals surface area (Å²) >= 11 is 0. The van der Waals surface area contributed by atoms with E-state index < -0.39 is 0 Å². The lowest BCUT2D eigenvalue weighted by Crippen LogP contribution is -2.35. The fraction of sp³-hybridized carbons (Fsp3) is 0.417. The second kappa shape index (κ2) is 8.86. The lowest BCUT2D eigenvalue weighted by Gasteiger charge is -2.33. The van der Waals surface area contributed by atoms with Crippen LogP contribution in [0.5, 0.6) is 0 Å². The van der Waals surface area contributed by atoms with Crippen molar-refractivity contribution in [3.63, 3.8) is 0 Å². The molecule has 0 aromatic heterocycles. The summed E-state index contributed by atoms with van der Waals surface area (Å²) < 4.78 is 13.1. The summed E-state index contributed by atoms with van der Waals surface area (Å²) in [5.41, 5.74) is 2.87. The number of anilines is 2. The van der Waals surface area contributed by atoms with Crippen LogP contribution in [0.2, 0.25) is 0 Å². The van der Waals surface area contributed by atoms with E-state index in [9.17, 15) is 14.0 Å². The summed E-state index contributed by atoms with van der Waals surface area (Å²) in [6, 6.07) is 11.7. The second-order valence-corrected chi connectivity index (χ2v) is 8.50. The van der Waals surface area contributed by atoms with Crippen molar-refractivity contribution in [2.45, 2.75) is 45.1 Å². The van der Waals surface area contributed by atoms with Crippen LogP contribution in [0.4, 0.5) is 15.8 Å². The first kappa shape index (κ1) is 20.4. The minimum atomic E-state index is -0.326. The smallest absolute Gasteiger partial charge is 0.253 e. The fourth-order valence-corrected chi connectivity index (χ4v) is 3.80. The van der Waals surface area contributed by atoms with Gasteiger partial charge in [0.15, 0.2) is 0 Å². The van der Waals surface area contributed by atoms with Crippen LogP contribution in [-0.4, -0.2) is 30.9 Å². The van der Waals surface area contributed by atoms with Gasteiger partial charge in [0.05, 0.1) is 12.0 Å². The first-order valence-electron chi connectivity index (χ1n) is 10.7. The zero-order chi connectivity index (χ0) is 21.1. The Morgan fingerprint density at radius 2 is 1.73 bits per heavy atom. The highest BCUT2D eigenvalue weighted by molar-refractivity contribution is 6.02. The molecule has 1 aliphatic carbocycles. The number of carbonyl (C=O) groups is 2. The van der Waals surface area contributed by atoms with Crippen molar-refractivity contribution in [3.8, 4) is 0 Å². The fourth-order valence-electron chi connectivity index (χ4n) is 3.80. The molecule has 2 fully saturated rings. The molecule has 6 heteroatoms. The van der Waals surface area contributed by atoms with Gasteiger partial charge in [0, 0.05) is 30.5 Å². The van der Waals surface area contributed by atoms with Crippen molar-refractivity contribution in [1.29, 1.82) is 0 Å². The predicted molar refractivity (Wildman–Crippen MR) is 116 cm³/mol. The maximum atomic E-state index is 13.1. The standard InChI is InChI=1S/C24H28FN3O2/c1-16-10-12-28(13-11-16)22-9-8-20(15-21(22)24(30)27-19-6-7-19)26-23(29)14-17-2-4-18(25)5-3-17/h2-5,8-9,15-16,19H,6-7,10-14H2,1H3,(H,26,29)(H,27,30). The Morgan fingerprint density at radius 1 is 1.03 bits per heavy atom. The van der Waals surface area contributed by atoms with Gasteiger partial charge in [0.1, 0.15) is 5.82 Å².